The van der Waals surface area contributed by atoms with Crippen LogP contribution in [-0.4, -0.2) is 25.7 Å². The molecule has 0 heterocycles. The molecule has 3 nitrogen and oxygen atoms in total. The summed E-state index contributed by atoms with van der Waals surface area (Å²) in [4.78, 5) is 0.863. The lowest BCUT2D eigenvalue weighted by Crippen LogP contribution is -2.28. The van der Waals surface area contributed by atoms with E-state index in [-0.39, 0.29) is 0 Å². The summed E-state index contributed by atoms with van der Waals surface area (Å²) in [6.07, 6.45) is 2.01. The maximum absolute atomic E-state index is 13.1. The molecule has 2 aromatic rings. The van der Waals surface area contributed by atoms with E-state index in [4.69, 9.17) is 9.47 Å². The smallest absolute Gasteiger partial charge is 0.155 e. The van der Waals surface area contributed by atoms with Gasteiger partial charge in [0.15, 0.2) is 7.22 Å². The molecule has 128 valence electrons. The van der Waals surface area contributed by atoms with Crippen LogP contribution in [0.15, 0.2) is 48.5 Å². The first-order chi connectivity index (χ1) is 11.3. The van der Waals surface area contributed by atoms with Crippen LogP contribution in [0.25, 0.3) is 11.0 Å². The third-order valence-corrected chi connectivity index (χ3v) is 9.41. The first kappa shape index (κ1) is 18.5. The molecule has 0 saturated carbocycles. The predicted molar refractivity (Wildman–Crippen MR) is 105 cm³/mol. The Hall–Kier alpha value is -1.85. The highest BCUT2D eigenvalue weighted by Crippen LogP contribution is 2.29. The van der Waals surface area contributed by atoms with E-state index in [1.807, 2.05) is 54.6 Å². The molecule has 0 N–H and O–H groups in total. The van der Waals surface area contributed by atoms with E-state index in [1.165, 1.54) is 0 Å². The normalized spacial score (nSPS) is 13.5. The van der Waals surface area contributed by atoms with Crippen molar-refractivity contribution in [3.8, 4) is 11.5 Å². The van der Waals surface area contributed by atoms with Gasteiger partial charge in [0.2, 0.25) is 0 Å². The first-order valence-corrected chi connectivity index (χ1v) is 13.1. The lowest BCUT2D eigenvalue weighted by atomic mass is 10.1. The summed E-state index contributed by atoms with van der Waals surface area (Å²) in [7, 11) is 0.423. The summed E-state index contributed by atoms with van der Waals surface area (Å²) in [6.45, 7) is 6.36. The maximum atomic E-state index is 13.1. The minimum Gasteiger partial charge on any atom is -0.497 e. The summed E-state index contributed by atoms with van der Waals surface area (Å²) in [5.41, 5.74) is 1.97. The summed E-state index contributed by atoms with van der Waals surface area (Å²) in [6, 6.07) is 15.5. The molecular weight excluding hydrogens is 336 g/mol. The van der Waals surface area contributed by atoms with Gasteiger partial charge in [0, 0.05) is 15.2 Å². The Morgan fingerprint density at radius 1 is 0.875 bits per heavy atom. The molecule has 1 unspecified atom stereocenters. The number of hydrogen-bond acceptors (Lipinski definition) is 3. The van der Waals surface area contributed by atoms with Gasteiger partial charge in [-0.15, -0.1) is 0 Å². The molecule has 1 atom stereocenters. The minimum absolute atomic E-state index is 0.793. The van der Waals surface area contributed by atoms with Crippen molar-refractivity contribution in [3.63, 3.8) is 0 Å². The van der Waals surface area contributed by atoms with Crippen LogP contribution >= 0.6 is 0 Å². The zero-order chi connectivity index (χ0) is 17.7. The van der Waals surface area contributed by atoms with Gasteiger partial charge in [-0.2, -0.15) is 0 Å². The lowest BCUT2D eigenvalue weighted by Gasteiger charge is -2.19. The van der Waals surface area contributed by atoms with Crippen molar-refractivity contribution < 1.29 is 13.7 Å². The Morgan fingerprint density at radius 3 is 1.75 bits per heavy atom. The van der Waals surface area contributed by atoms with Gasteiger partial charge < -0.3 is 9.47 Å². The van der Waals surface area contributed by atoms with Crippen molar-refractivity contribution in [3.05, 3.63) is 59.7 Å². The van der Waals surface area contributed by atoms with E-state index < -0.39 is 17.5 Å². The lowest BCUT2D eigenvalue weighted by molar-refractivity contribution is 0.414. The molecule has 0 amide bonds. The summed E-state index contributed by atoms with van der Waals surface area (Å²) in [5, 5.41) is 0. The van der Waals surface area contributed by atoms with Crippen molar-refractivity contribution in [2.75, 3.05) is 14.2 Å². The summed E-state index contributed by atoms with van der Waals surface area (Å²) in [5.74, 6) is 1.60. The van der Waals surface area contributed by atoms with Gasteiger partial charge in [-0.25, -0.2) is 0 Å². The molecule has 0 spiro atoms. The fourth-order valence-electron chi connectivity index (χ4n) is 2.18. The van der Waals surface area contributed by atoms with Gasteiger partial charge in [0.25, 0.3) is 0 Å². The van der Waals surface area contributed by atoms with Crippen molar-refractivity contribution in [2.24, 2.45) is 0 Å². The van der Waals surface area contributed by atoms with E-state index in [9.17, 15) is 4.21 Å². The molecule has 0 aromatic heterocycles. The predicted octanol–water partition coefficient (Wildman–Crippen LogP) is 4.79. The second kappa shape index (κ2) is 7.81. The van der Waals surface area contributed by atoms with Crippen molar-refractivity contribution in [1.82, 2.24) is 0 Å². The zero-order valence-electron chi connectivity index (χ0n) is 14.8. The largest absolute Gasteiger partial charge is 0.497 e. The fourth-order valence-corrected chi connectivity index (χ4v) is 5.94. The summed E-state index contributed by atoms with van der Waals surface area (Å²) >= 11 is 0. The maximum Gasteiger partial charge on any atom is 0.155 e. The van der Waals surface area contributed by atoms with Gasteiger partial charge in [-0.3, -0.25) is 4.21 Å². The van der Waals surface area contributed by atoms with Crippen molar-refractivity contribution >= 4 is 28.5 Å². The molecule has 0 bridgehead atoms. The highest BCUT2D eigenvalue weighted by atomic mass is 32.4. The monoisotopic (exact) mass is 360 g/mol. The Balaban J connectivity index is 2.48. The molecule has 0 aliphatic carbocycles. The van der Waals surface area contributed by atoms with Crippen LogP contribution in [-0.2, 0) is 10.2 Å². The zero-order valence-corrected chi connectivity index (χ0v) is 16.6. The molecule has 24 heavy (non-hydrogen) atoms. The van der Waals surface area contributed by atoms with Crippen LogP contribution in [0, 0.1) is 0 Å². The van der Waals surface area contributed by atoms with Crippen molar-refractivity contribution in [1.29, 1.82) is 0 Å². The van der Waals surface area contributed by atoms with E-state index in [1.54, 1.807) is 14.2 Å². The average molecular weight is 361 g/mol. The molecule has 0 aliphatic heterocycles. The van der Waals surface area contributed by atoms with Gasteiger partial charge >= 0.3 is 0 Å². The Labute approximate surface area is 147 Å². The van der Waals surface area contributed by atoms with Crippen LogP contribution < -0.4 is 9.47 Å². The molecule has 0 radical (unpaired) electrons. The Kier molecular flexibility index (Phi) is 6.02. The number of hydrogen-bond donors (Lipinski definition) is 0. The van der Waals surface area contributed by atoms with Crippen molar-refractivity contribution in [2.45, 2.75) is 19.6 Å². The second-order valence-electron chi connectivity index (χ2n) is 6.39. The number of rotatable bonds is 6. The Bertz CT molecular complexity index is 729. The summed E-state index contributed by atoms with van der Waals surface area (Å²) < 4.78 is 23.5. The number of methoxy groups -OCH3 is 2. The molecule has 2 aromatic carbocycles. The SMILES string of the molecule is COc1ccc(/C=C(\c2ccc(OC)cc2)S(=O)[Si](C)(C)C)cc1. The van der Waals surface area contributed by atoms with Gasteiger partial charge in [-0.05, 0) is 41.5 Å². The van der Waals surface area contributed by atoms with Crippen LogP contribution in [0.4, 0.5) is 0 Å². The van der Waals surface area contributed by atoms with Gasteiger partial charge in [-0.1, -0.05) is 43.9 Å². The van der Waals surface area contributed by atoms with Crippen LogP contribution in [0.5, 0.6) is 11.5 Å². The van der Waals surface area contributed by atoms with E-state index in [0.29, 0.717) is 0 Å². The second-order valence-corrected chi connectivity index (χ2v) is 16.4. The quantitative estimate of drug-likeness (QED) is 0.549. The number of benzene rings is 2. The molecule has 0 fully saturated rings. The molecular formula is C19H24O3SSi. The minimum atomic E-state index is -1.85. The van der Waals surface area contributed by atoms with Crippen LogP contribution in [0.1, 0.15) is 11.1 Å². The third-order valence-electron chi connectivity index (χ3n) is 3.54. The molecule has 0 aliphatic rings. The fraction of sp³-hybridized carbons (Fsp3) is 0.263. The highest BCUT2D eigenvalue weighted by Gasteiger charge is 2.26. The highest BCUT2D eigenvalue weighted by molar-refractivity contribution is 8.23. The average Bonchev–Trinajstić information content (AvgIpc) is 2.59. The van der Waals surface area contributed by atoms with Crippen LogP contribution in [0.3, 0.4) is 0 Å². The molecule has 2 rings (SSSR count). The topological polar surface area (TPSA) is 35.5 Å². The van der Waals surface area contributed by atoms with Crippen LogP contribution in [0.2, 0.25) is 19.6 Å². The number of ether oxygens (including phenoxy) is 2. The van der Waals surface area contributed by atoms with E-state index in [2.05, 4.69) is 19.6 Å². The molecule has 0 saturated heterocycles. The third kappa shape index (κ3) is 4.58. The molecule has 5 heteroatoms. The van der Waals surface area contributed by atoms with E-state index >= 15 is 0 Å². The van der Waals surface area contributed by atoms with E-state index in [0.717, 1.165) is 27.5 Å². The first-order valence-electron chi connectivity index (χ1n) is 7.77. The standard InChI is InChI=1S/C19H24O3SSi/c1-21-17-10-6-15(7-11-17)14-19(23(20)24(3,4)5)16-8-12-18(22-2)13-9-16/h6-14H,1-5H3/b19-14+. The van der Waals surface area contributed by atoms with Gasteiger partial charge in [0.05, 0.1) is 14.2 Å². The van der Waals surface area contributed by atoms with Gasteiger partial charge in [0.1, 0.15) is 11.5 Å². The Morgan fingerprint density at radius 2 is 1.33 bits per heavy atom.